The van der Waals surface area contributed by atoms with E-state index in [1.807, 2.05) is 0 Å². The molecule has 0 aliphatic rings. The fourth-order valence-corrected chi connectivity index (χ4v) is 7.70. The van der Waals surface area contributed by atoms with Crippen LogP contribution in [0.25, 0.3) is 0 Å². The molecular formula is C46H92NO7P. The van der Waals surface area contributed by atoms with Crippen LogP contribution >= 0.6 is 7.82 Å². The van der Waals surface area contributed by atoms with Gasteiger partial charge in [-0.25, -0.2) is 4.57 Å². The Balaban J connectivity index is 3.95. The van der Waals surface area contributed by atoms with Crippen molar-refractivity contribution in [3.8, 4) is 0 Å². The second-order valence-corrected chi connectivity index (χ2v) is 17.4. The van der Waals surface area contributed by atoms with Crippen molar-refractivity contribution in [3.63, 3.8) is 0 Å². The summed E-state index contributed by atoms with van der Waals surface area (Å²) in [5, 5.41) is 0. The van der Waals surface area contributed by atoms with E-state index in [1.54, 1.807) is 0 Å². The van der Waals surface area contributed by atoms with Crippen molar-refractivity contribution in [2.75, 3.05) is 33.0 Å². The van der Waals surface area contributed by atoms with E-state index in [0.717, 1.165) is 32.1 Å². The van der Waals surface area contributed by atoms with Crippen molar-refractivity contribution in [2.45, 2.75) is 245 Å². The highest BCUT2D eigenvalue weighted by molar-refractivity contribution is 7.47. The van der Waals surface area contributed by atoms with Gasteiger partial charge in [0, 0.05) is 19.6 Å². The molecule has 0 saturated carbocycles. The standard InChI is InChI=1S/C46H92NO7P/c1-3-5-7-9-11-13-15-17-19-21-23-25-27-29-31-33-35-37-39-46(48)54-45(44-53-55(49,50)52-42-40-47)43-51-41-38-36-34-32-30-28-26-24-22-20-18-16-14-12-10-8-6-4-2/h19,21,45H,3-18,20,22-44,47H2,1-2H3,(H,49,50)/b21-19-. The number of esters is 1. The third-order valence-electron chi connectivity index (χ3n) is 10.4. The lowest BCUT2D eigenvalue weighted by Gasteiger charge is -2.20. The summed E-state index contributed by atoms with van der Waals surface area (Å²) in [5.41, 5.74) is 5.38. The minimum atomic E-state index is -4.27. The summed E-state index contributed by atoms with van der Waals surface area (Å²) in [6, 6.07) is 0. The lowest BCUT2D eigenvalue weighted by molar-refractivity contribution is -0.154. The molecule has 2 atom stereocenters. The van der Waals surface area contributed by atoms with E-state index in [0.29, 0.717) is 13.0 Å². The van der Waals surface area contributed by atoms with Gasteiger partial charge in [-0.05, 0) is 38.5 Å². The Hall–Kier alpha value is -0.760. The maximum atomic E-state index is 12.6. The highest BCUT2D eigenvalue weighted by atomic mass is 31.2. The Morgan fingerprint density at radius 3 is 1.33 bits per heavy atom. The molecule has 0 rings (SSSR count). The van der Waals surface area contributed by atoms with E-state index in [2.05, 4.69) is 26.0 Å². The largest absolute Gasteiger partial charge is 0.472 e. The topological polar surface area (TPSA) is 117 Å². The molecule has 2 unspecified atom stereocenters. The number of phosphoric acid groups is 1. The Bertz CT molecular complexity index is 858. The van der Waals surface area contributed by atoms with Crippen molar-refractivity contribution in [1.82, 2.24) is 0 Å². The number of carbonyl (C=O) groups excluding carboxylic acids is 1. The molecule has 0 radical (unpaired) electrons. The monoisotopic (exact) mass is 802 g/mol. The predicted molar refractivity (Wildman–Crippen MR) is 234 cm³/mol. The van der Waals surface area contributed by atoms with Crippen LogP contribution in [0.3, 0.4) is 0 Å². The van der Waals surface area contributed by atoms with Crippen LogP contribution in [0.15, 0.2) is 12.2 Å². The molecule has 0 heterocycles. The molecule has 0 amide bonds. The van der Waals surface area contributed by atoms with Crippen LogP contribution < -0.4 is 5.73 Å². The number of allylic oxidation sites excluding steroid dienone is 2. The highest BCUT2D eigenvalue weighted by Gasteiger charge is 2.25. The minimum Gasteiger partial charge on any atom is -0.457 e. The van der Waals surface area contributed by atoms with Gasteiger partial charge in [-0.3, -0.25) is 13.8 Å². The van der Waals surface area contributed by atoms with Gasteiger partial charge in [0.2, 0.25) is 0 Å². The van der Waals surface area contributed by atoms with Crippen LogP contribution in [0.5, 0.6) is 0 Å². The molecule has 0 aromatic rings. The van der Waals surface area contributed by atoms with Gasteiger partial charge in [-0.1, -0.05) is 206 Å². The van der Waals surface area contributed by atoms with E-state index in [-0.39, 0.29) is 32.3 Å². The zero-order chi connectivity index (χ0) is 40.2. The van der Waals surface area contributed by atoms with Crippen LogP contribution in [0.4, 0.5) is 0 Å². The number of ether oxygens (including phenoxy) is 2. The van der Waals surface area contributed by atoms with Crippen LogP contribution in [-0.2, 0) is 27.9 Å². The number of hydrogen-bond acceptors (Lipinski definition) is 7. The second kappa shape index (κ2) is 44.3. The Labute approximate surface area is 341 Å². The summed E-state index contributed by atoms with van der Waals surface area (Å²) in [6.45, 7) is 4.97. The number of hydrogen-bond donors (Lipinski definition) is 2. The van der Waals surface area contributed by atoms with Crippen molar-refractivity contribution in [1.29, 1.82) is 0 Å². The van der Waals surface area contributed by atoms with Crippen LogP contribution in [0.2, 0.25) is 0 Å². The summed E-state index contributed by atoms with van der Waals surface area (Å²) in [7, 11) is -4.27. The zero-order valence-corrected chi connectivity index (χ0v) is 37.3. The summed E-state index contributed by atoms with van der Waals surface area (Å²) in [6.07, 6.45) is 48.0. The highest BCUT2D eigenvalue weighted by Crippen LogP contribution is 2.43. The molecule has 9 heteroatoms. The molecule has 3 N–H and O–H groups in total. The molecule has 0 spiro atoms. The quantitative estimate of drug-likeness (QED) is 0.0270. The van der Waals surface area contributed by atoms with E-state index in [4.69, 9.17) is 24.3 Å². The molecule has 328 valence electrons. The molecule has 8 nitrogen and oxygen atoms in total. The lowest BCUT2D eigenvalue weighted by Crippen LogP contribution is -2.28. The zero-order valence-electron chi connectivity index (χ0n) is 36.4. The van der Waals surface area contributed by atoms with Crippen molar-refractivity contribution in [3.05, 3.63) is 12.2 Å². The van der Waals surface area contributed by atoms with E-state index < -0.39 is 13.9 Å². The fourth-order valence-electron chi connectivity index (χ4n) is 6.93. The van der Waals surface area contributed by atoms with Gasteiger partial charge in [-0.15, -0.1) is 0 Å². The van der Waals surface area contributed by atoms with Gasteiger partial charge in [0.05, 0.1) is 19.8 Å². The summed E-state index contributed by atoms with van der Waals surface area (Å²) >= 11 is 0. The summed E-state index contributed by atoms with van der Waals surface area (Å²) < 4.78 is 33.5. The third-order valence-corrected chi connectivity index (χ3v) is 11.4. The molecule has 0 saturated heterocycles. The summed E-state index contributed by atoms with van der Waals surface area (Å²) in [5.74, 6) is -0.329. The number of nitrogens with two attached hydrogens (primary N) is 1. The average molecular weight is 802 g/mol. The molecule has 0 fully saturated rings. The first-order valence-electron chi connectivity index (χ1n) is 23.7. The number of unbranched alkanes of at least 4 members (excludes halogenated alkanes) is 31. The second-order valence-electron chi connectivity index (χ2n) is 16.0. The normalized spacial score (nSPS) is 13.5. The molecule has 55 heavy (non-hydrogen) atoms. The first-order valence-corrected chi connectivity index (χ1v) is 25.2. The lowest BCUT2D eigenvalue weighted by atomic mass is 10.0. The summed E-state index contributed by atoms with van der Waals surface area (Å²) in [4.78, 5) is 22.5. The Morgan fingerprint density at radius 2 is 0.909 bits per heavy atom. The molecule has 0 aliphatic heterocycles. The minimum absolute atomic E-state index is 0.0928. The van der Waals surface area contributed by atoms with Gasteiger partial charge in [-0.2, -0.15) is 0 Å². The van der Waals surface area contributed by atoms with Gasteiger partial charge in [0.1, 0.15) is 6.10 Å². The smallest absolute Gasteiger partial charge is 0.457 e. The van der Waals surface area contributed by atoms with Crippen molar-refractivity contribution in [2.24, 2.45) is 5.73 Å². The molecule has 0 bridgehead atoms. The van der Waals surface area contributed by atoms with Crippen LogP contribution in [0, 0.1) is 0 Å². The third kappa shape index (κ3) is 44.2. The van der Waals surface area contributed by atoms with Crippen molar-refractivity contribution < 1.29 is 32.8 Å². The van der Waals surface area contributed by atoms with Gasteiger partial charge < -0.3 is 20.1 Å². The number of phosphoric ester groups is 1. The van der Waals surface area contributed by atoms with E-state index >= 15 is 0 Å². The van der Waals surface area contributed by atoms with Crippen LogP contribution in [-0.4, -0.2) is 49.9 Å². The molecular weight excluding hydrogens is 709 g/mol. The maximum absolute atomic E-state index is 12.6. The predicted octanol–water partition coefficient (Wildman–Crippen LogP) is 14.3. The van der Waals surface area contributed by atoms with Gasteiger partial charge in [0.25, 0.3) is 0 Å². The van der Waals surface area contributed by atoms with Crippen molar-refractivity contribution >= 4 is 13.8 Å². The SMILES string of the molecule is CCCCCCCCC/C=C\CCCCCCCCCC(=O)OC(COCCCCCCCCCCCCCCCCCCCC)COP(=O)(O)OCCN. The number of carbonyl (C=O) groups is 1. The van der Waals surface area contributed by atoms with Crippen LogP contribution in [0.1, 0.15) is 239 Å². The molecule has 0 aromatic heterocycles. The van der Waals surface area contributed by atoms with E-state index in [9.17, 15) is 14.3 Å². The Kier molecular flexibility index (Phi) is 43.7. The molecule has 0 aromatic carbocycles. The fraction of sp³-hybridized carbons (Fsp3) is 0.935. The van der Waals surface area contributed by atoms with E-state index in [1.165, 1.54) is 186 Å². The number of rotatable bonds is 46. The molecule has 0 aliphatic carbocycles. The Morgan fingerprint density at radius 1 is 0.527 bits per heavy atom. The first kappa shape index (κ1) is 54.2. The average Bonchev–Trinajstić information content (AvgIpc) is 3.17. The first-order chi connectivity index (χ1) is 26.9. The van der Waals surface area contributed by atoms with Gasteiger partial charge in [0.15, 0.2) is 0 Å². The van der Waals surface area contributed by atoms with Gasteiger partial charge >= 0.3 is 13.8 Å². The maximum Gasteiger partial charge on any atom is 0.472 e.